The van der Waals surface area contributed by atoms with E-state index < -0.39 is 35.9 Å². The van der Waals surface area contributed by atoms with Crippen molar-refractivity contribution >= 4 is 29.4 Å². The van der Waals surface area contributed by atoms with E-state index in [2.05, 4.69) is 17.6 Å². The summed E-state index contributed by atoms with van der Waals surface area (Å²) in [6.45, 7) is 6.91. The molecule has 2 aliphatic heterocycles. The molecule has 8 atom stereocenters. The lowest BCUT2D eigenvalue weighted by Crippen LogP contribution is -2.65. The van der Waals surface area contributed by atoms with Crippen LogP contribution in [-0.4, -0.2) is 87.5 Å². The maximum atomic E-state index is 13.0. The zero-order chi connectivity index (χ0) is 22.3. The minimum absolute atomic E-state index is 0.0102. The van der Waals surface area contributed by atoms with E-state index >= 15 is 0 Å². The summed E-state index contributed by atoms with van der Waals surface area (Å²) >= 11 is 3.24. The van der Waals surface area contributed by atoms with Gasteiger partial charge in [0.25, 0.3) is 0 Å². The first kappa shape index (κ1) is 26.2. The molecule has 2 fully saturated rings. The molecule has 0 spiro atoms. The molecule has 2 rings (SSSR count). The third kappa shape index (κ3) is 6.98. The fraction of sp³-hybridized carbons (Fsp3) is 0.952. The Labute approximate surface area is 189 Å². The van der Waals surface area contributed by atoms with Crippen molar-refractivity contribution in [3.8, 4) is 0 Å². The minimum Gasteiger partial charge on any atom is -0.388 e. The topological polar surface area (TPSA) is 111 Å². The van der Waals surface area contributed by atoms with Crippen molar-refractivity contribution in [1.29, 1.82) is 0 Å². The second-order valence-corrected chi connectivity index (χ2v) is 11.0. The standard InChI is InChI=1S/C21H40N2O5S2/c1-5-30-10-6-7-13-8-9-22-14(11-13)20(27)23-15(12(2)3)19-17(25)16(24)18(26)21(28-19)29-4/h12-19,21-22,24-26H,5-11H2,1-4H3,(H,23,27)/t13?,14-,15+,16?,17+,18+,19+,21?/m0/s1. The molecule has 0 aromatic rings. The van der Waals surface area contributed by atoms with Crippen LogP contribution in [0.5, 0.6) is 0 Å². The van der Waals surface area contributed by atoms with E-state index in [0.717, 1.165) is 31.6 Å². The normalized spacial score (nSPS) is 35.9. The zero-order valence-electron chi connectivity index (χ0n) is 18.6. The van der Waals surface area contributed by atoms with Crippen LogP contribution in [0.15, 0.2) is 0 Å². The van der Waals surface area contributed by atoms with E-state index in [1.807, 2.05) is 25.6 Å². The number of rotatable bonds is 10. The molecule has 0 aromatic carbocycles. The molecule has 0 radical (unpaired) electrons. The summed E-state index contributed by atoms with van der Waals surface area (Å²) in [7, 11) is 0. The lowest BCUT2D eigenvalue weighted by atomic mass is 9.86. The first-order chi connectivity index (χ1) is 14.3. The van der Waals surface area contributed by atoms with Crippen LogP contribution in [0, 0.1) is 11.8 Å². The van der Waals surface area contributed by atoms with Crippen LogP contribution in [0.4, 0.5) is 0 Å². The molecule has 0 saturated carbocycles. The summed E-state index contributed by atoms with van der Waals surface area (Å²) in [5.74, 6) is 2.77. The van der Waals surface area contributed by atoms with Gasteiger partial charge in [0, 0.05) is 0 Å². The van der Waals surface area contributed by atoms with Gasteiger partial charge in [-0.15, -0.1) is 11.8 Å². The largest absolute Gasteiger partial charge is 0.388 e. The molecule has 5 N–H and O–H groups in total. The van der Waals surface area contributed by atoms with Crippen molar-refractivity contribution in [1.82, 2.24) is 10.6 Å². The summed E-state index contributed by atoms with van der Waals surface area (Å²) in [6.07, 6.45) is 1.51. The van der Waals surface area contributed by atoms with Crippen molar-refractivity contribution < 1.29 is 24.9 Å². The Morgan fingerprint density at radius 2 is 1.97 bits per heavy atom. The van der Waals surface area contributed by atoms with Gasteiger partial charge in [-0.25, -0.2) is 0 Å². The predicted octanol–water partition coefficient (Wildman–Crippen LogP) is 1.20. The molecule has 2 aliphatic rings. The van der Waals surface area contributed by atoms with Gasteiger partial charge in [-0.1, -0.05) is 20.8 Å². The van der Waals surface area contributed by atoms with Crippen molar-refractivity contribution in [3.05, 3.63) is 0 Å². The van der Waals surface area contributed by atoms with Crippen LogP contribution in [-0.2, 0) is 9.53 Å². The number of piperidine rings is 1. The van der Waals surface area contributed by atoms with Gasteiger partial charge in [0.2, 0.25) is 5.91 Å². The van der Waals surface area contributed by atoms with Gasteiger partial charge in [-0.05, 0) is 61.8 Å². The van der Waals surface area contributed by atoms with Gasteiger partial charge in [-0.2, -0.15) is 11.8 Å². The Kier molecular flexibility index (Phi) is 11.2. The molecule has 2 saturated heterocycles. The number of thioether (sulfide) groups is 2. The molecule has 176 valence electrons. The highest BCUT2D eigenvalue weighted by Gasteiger charge is 2.47. The smallest absolute Gasteiger partial charge is 0.237 e. The Balaban J connectivity index is 1.97. The Morgan fingerprint density at radius 3 is 2.60 bits per heavy atom. The third-order valence-electron chi connectivity index (χ3n) is 6.15. The number of ether oxygens (including phenoxy) is 1. The minimum atomic E-state index is -1.31. The summed E-state index contributed by atoms with van der Waals surface area (Å²) in [6, 6.07) is -0.719. The summed E-state index contributed by atoms with van der Waals surface area (Å²) in [4.78, 5) is 13.0. The maximum Gasteiger partial charge on any atom is 0.237 e. The number of hydrogen-bond acceptors (Lipinski definition) is 8. The number of carbonyl (C=O) groups excluding carboxylic acids is 1. The van der Waals surface area contributed by atoms with Gasteiger partial charge in [-0.3, -0.25) is 4.79 Å². The highest BCUT2D eigenvalue weighted by Crippen LogP contribution is 2.30. The summed E-state index contributed by atoms with van der Waals surface area (Å²) in [5.41, 5.74) is -0.648. The molecule has 2 heterocycles. The van der Waals surface area contributed by atoms with Crippen molar-refractivity contribution in [2.24, 2.45) is 11.8 Å². The van der Waals surface area contributed by atoms with E-state index in [1.165, 1.54) is 23.9 Å². The van der Waals surface area contributed by atoms with Crippen LogP contribution in [0.3, 0.4) is 0 Å². The molecule has 9 heteroatoms. The Bertz CT molecular complexity index is 526. The highest BCUT2D eigenvalue weighted by atomic mass is 32.2. The fourth-order valence-electron chi connectivity index (χ4n) is 4.33. The van der Waals surface area contributed by atoms with E-state index in [9.17, 15) is 20.1 Å². The summed E-state index contributed by atoms with van der Waals surface area (Å²) < 4.78 is 5.90. The molecule has 7 nitrogen and oxygen atoms in total. The number of aliphatic hydroxyl groups excluding tert-OH is 3. The van der Waals surface area contributed by atoms with Crippen LogP contribution >= 0.6 is 23.5 Å². The average Bonchev–Trinajstić information content (AvgIpc) is 2.74. The van der Waals surface area contributed by atoms with Crippen LogP contribution in [0.25, 0.3) is 0 Å². The molecule has 30 heavy (non-hydrogen) atoms. The van der Waals surface area contributed by atoms with E-state index in [0.29, 0.717) is 5.92 Å². The van der Waals surface area contributed by atoms with Crippen molar-refractivity contribution in [3.63, 3.8) is 0 Å². The first-order valence-electron chi connectivity index (χ1n) is 11.1. The highest BCUT2D eigenvalue weighted by molar-refractivity contribution is 7.99. The van der Waals surface area contributed by atoms with Crippen molar-refractivity contribution in [2.45, 2.75) is 88.4 Å². The van der Waals surface area contributed by atoms with Crippen molar-refractivity contribution in [2.75, 3.05) is 24.3 Å². The quantitative estimate of drug-likeness (QED) is 0.307. The number of aliphatic hydroxyl groups is 3. The number of amides is 1. The van der Waals surface area contributed by atoms with E-state index in [1.54, 1.807) is 6.26 Å². The Morgan fingerprint density at radius 1 is 1.23 bits per heavy atom. The van der Waals surface area contributed by atoms with Gasteiger partial charge in [0.15, 0.2) is 0 Å². The zero-order valence-corrected chi connectivity index (χ0v) is 20.3. The van der Waals surface area contributed by atoms with Gasteiger partial charge < -0.3 is 30.7 Å². The molecule has 0 bridgehead atoms. The Hall–Kier alpha value is -0.0300. The molecular formula is C21H40N2O5S2. The van der Waals surface area contributed by atoms with Crippen LogP contribution < -0.4 is 10.6 Å². The fourth-order valence-corrected chi connectivity index (χ4v) is 5.67. The third-order valence-corrected chi connectivity index (χ3v) is 7.99. The maximum absolute atomic E-state index is 13.0. The molecule has 1 amide bonds. The average molecular weight is 465 g/mol. The van der Waals surface area contributed by atoms with Gasteiger partial charge in [0.05, 0.1) is 12.1 Å². The lowest BCUT2D eigenvalue weighted by Gasteiger charge is -2.44. The molecule has 0 aromatic heterocycles. The monoisotopic (exact) mass is 464 g/mol. The molecule has 0 aliphatic carbocycles. The first-order valence-corrected chi connectivity index (χ1v) is 13.6. The predicted molar refractivity (Wildman–Crippen MR) is 124 cm³/mol. The SMILES string of the molecule is CCSCCCC1CCN[C@H](C(=O)N[C@H](C(C)C)[C@H]2OC(SC)[C@H](O)C(O)[C@H]2O)C1. The lowest BCUT2D eigenvalue weighted by molar-refractivity contribution is -0.208. The second-order valence-electron chi connectivity index (χ2n) is 8.69. The van der Waals surface area contributed by atoms with Gasteiger partial charge in [0.1, 0.15) is 29.9 Å². The number of nitrogens with one attached hydrogen (secondary N) is 2. The van der Waals surface area contributed by atoms with E-state index in [4.69, 9.17) is 4.74 Å². The van der Waals surface area contributed by atoms with Crippen LogP contribution in [0.2, 0.25) is 0 Å². The number of carbonyl (C=O) groups is 1. The molecule has 3 unspecified atom stereocenters. The summed E-state index contributed by atoms with van der Waals surface area (Å²) in [5, 5.41) is 37.3. The van der Waals surface area contributed by atoms with Gasteiger partial charge >= 0.3 is 0 Å². The number of hydrogen-bond donors (Lipinski definition) is 5. The van der Waals surface area contributed by atoms with Crippen LogP contribution in [0.1, 0.15) is 46.5 Å². The molecular weight excluding hydrogens is 424 g/mol. The second kappa shape index (κ2) is 12.9. The van der Waals surface area contributed by atoms with E-state index in [-0.39, 0.29) is 17.9 Å².